The van der Waals surface area contributed by atoms with E-state index in [-0.39, 0.29) is 0 Å². The fourth-order valence-corrected chi connectivity index (χ4v) is 4.24. The Hall–Kier alpha value is -0.610. The first-order valence-corrected chi connectivity index (χ1v) is 7.62. The van der Waals surface area contributed by atoms with Gasteiger partial charge in [-0.2, -0.15) is 0 Å². The second-order valence-electron chi connectivity index (χ2n) is 5.25. The van der Waals surface area contributed by atoms with Crippen molar-refractivity contribution in [1.29, 1.82) is 0 Å². The third-order valence-corrected chi connectivity index (χ3v) is 5.08. The van der Waals surface area contributed by atoms with Gasteiger partial charge >= 0.3 is 0 Å². The smallest absolute Gasteiger partial charge is 0.185 e. The molecule has 1 aliphatic heterocycles. The summed E-state index contributed by atoms with van der Waals surface area (Å²) in [6.07, 6.45) is 7.05. The summed E-state index contributed by atoms with van der Waals surface area (Å²) in [6, 6.07) is 0.789. The average Bonchev–Trinajstić information content (AvgIpc) is 2.95. The number of nitrogens with one attached hydrogen (secondary N) is 1. The van der Waals surface area contributed by atoms with Gasteiger partial charge in [0.25, 0.3) is 0 Å². The summed E-state index contributed by atoms with van der Waals surface area (Å²) in [6.45, 7) is 2.11. The van der Waals surface area contributed by atoms with Crippen molar-refractivity contribution in [3.8, 4) is 0 Å². The molecule has 0 radical (unpaired) electrons. The lowest BCUT2D eigenvalue weighted by Gasteiger charge is -2.31. The molecule has 0 amide bonds. The van der Waals surface area contributed by atoms with Gasteiger partial charge in [0.15, 0.2) is 5.13 Å². The molecular weight excluding hydrogens is 230 g/mol. The molecule has 2 heterocycles. The highest BCUT2D eigenvalue weighted by atomic mass is 32.1. The van der Waals surface area contributed by atoms with Crippen molar-refractivity contribution >= 4 is 16.5 Å². The molecule has 0 bridgehead atoms. The molecule has 1 aromatic rings. The van der Waals surface area contributed by atoms with Gasteiger partial charge in [0.2, 0.25) is 0 Å². The van der Waals surface area contributed by atoms with Gasteiger partial charge in [0.1, 0.15) is 0 Å². The van der Waals surface area contributed by atoms with Crippen LogP contribution in [0.5, 0.6) is 0 Å². The molecule has 1 N–H and O–H groups in total. The summed E-state index contributed by atoms with van der Waals surface area (Å²) in [5.74, 6) is 0.945. The second kappa shape index (κ2) is 4.94. The minimum Gasteiger partial charge on any atom is -0.345 e. The van der Waals surface area contributed by atoms with Gasteiger partial charge in [-0.3, -0.25) is 0 Å². The summed E-state index contributed by atoms with van der Waals surface area (Å²) < 4.78 is 0. The number of anilines is 1. The second-order valence-corrected chi connectivity index (χ2v) is 6.08. The van der Waals surface area contributed by atoms with Crippen LogP contribution >= 0.6 is 11.3 Å². The van der Waals surface area contributed by atoms with E-state index < -0.39 is 0 Å². The SMILES string of the molecule is CNCc1csc(N2CCC3CCCCC32)n1. The molecular formula is C13H21N3S. The molecule has 1 saturated carbocycles. The van der Waals surface area contributed by atoms with Crippen molar-refractivity contribution < 1.29 is 0 Å². The molecule has 0 aromatic carbocycles. The molecule has 2 atom stereocenters. The molecule has 2 fully saturated rings. The maximum absolute atomic E-state index is 4.75. The minimum absolute atomic E-state index is 0.789. The topological polar surface area (TPSA) is 28.2 Å². The molecule has 2 unspecified atom stereocenters. The van der Waals surface area contributed by atoms with Crippen molar-refractivity contribution in [3.05, 3.63) is 11.1 Å². The first kappa shape index (κ1) is 11.5. The Labute approximate surface area is 107 Å². The molecule has 94 valence electrons. The summed E-state index contributed by atoms with van der Waals surface area (Å²) in [5.41, 5.74) is 1.19. The summed E-state index contributed by atoms with van der Waals surface area (Å²) in [4.78, 5) is 7.33. The van der Waals surface area contributed by atoms with E-state index in [1.165, 1.54) is 49.5 Å². The Morgan fingerprint density at radius 3 is 3.18 bits per heavy atom. The first-order chi connectivity index (χ1) is 8.38. The van der Waals surface area contributed by atoms with Crippen molar-refractivity contribution in [2.24, 2.45) is 5.92 Å². The minimum atomic E-state index is 0.789. The number of rotatable bonds is 3. The third-order valence-electron chi connectivity index (χ3n) is 4.15. The normalized spacial score (nSPS) is 28.4. The van der Waals surface area contributed by atoms with Crippen LogP contribution in [0.25, 0.3) is 0 Å². The zero-order chi connectivity index (χ0) is 11.7. The Morgan fingerprint density at radius 2 is 2.29 bits per heavy atom. The number of nitrogens with zero attached hydrogens (tertiary/aromatic N) is 2. The van der Waals surface area contributed by atoms with E-state index in [1.807, 2.05) is 18.4 Å². The van der Waals surface area contributed by atoms with Crippen molar-refractivity contribution in [1.82, 2.24) is 10.3 Å². The van der Waals surface area contributed by atoms with E-state index in [9.17, 15) is 0 Å². The number of fused-ring (bicyclic) bond motifs is 1. The Balaban J connectivity index is 1.74. The molecule has 1 aliphatic carbocycles. The molecule has 1 saturated heterocycles. The maximum Gasteiger partial charge on any atom is 0.185 e. The zero-order valence-electron chi connectivity index (χ0n) is 10.5. The number of hydrogen-bond acceptors (Lipinski definition) is 4. The predicted octanol–water partition coefficient (Wildman–Crippen LogP) is 2.63. The van der Waals surface area contributed by atoms with E-state index in [0.717, 1.165) is 18.5 Å². The highest BCUT2D eigenvalue weighted by Gasteiger charge is 2.36. The highest BCUT2D eigenvalue weighted by molar-refractivity contribution is 7.13. The Morgan fingerprint density at radius 1 is 1.41 bits per heavy atom. The van der Waals surface area contributed by atoms with Crippen molar-refractivity contribution in [2.75, 3.05) is 18.5 Å². The molecule has 2 aliphatic rings. The van der Waals surface area contributed by atoms with Gasteiger partial charge in [0, 0.05) is 24.5 Å². The van der Waals surface area contributed by atoms with Crippen LogP contribution < -0.4 is 10.2 Å². The number of aromatic nitrogens is 1. The fraction of sp³-hybridized carbons (Fsp3) is 0.769. The van der Waals surface area contributed by atoms with Crippen LogP contribution in [0.1, 0.15) is 37.8 Å². The molecule has 0 spiro atoms. The average molecular weight is 251 g/mol. The molecule has 3 nitrogen and oxygen atoms in total. The van der Waals surface area contributed by atoms with Crippen LogP contribution in [-0.2, 0) is 6.54 Å². The first-order valence-electron chi connectivity index (χ1n) is 6.74. The van der Waals surface area contributed by atoms with E-state index >= 15 is 0 Å². The van der Waals surface area contributed by atoms with E-state index in [2.05, 4.69) is 15.6 Å². The van der Waals surface area contributed by atoms with Gasteiger partial charge in [0.05, 0.1) is 5.69 Å². The van der Waals surface area contributed by atoms with Crippen LogP contribution in [-0.4, -0.2) is 24.6 Å². The predicted molar refractivity (Wildman–Crippen MR) is 72.6 cm³/mol. The van der Waals surface area contributed by atoms with Gasteiger partial charge in [-0.1, -0.05) is 12.8 Å². The standard InChI is InChI=1S/C13H21N3S/c1-14-8-11-9-17-13(15-11)16-7-6-10-4-2-3-5-12(10)16/h9-10,12,14H,2-8H2,1H3. The Kier molecular flexibility index (Phi) is 3.34. The molecule has 1 aromatic heterocycles. The fourth-order valence-electron chi connectivity index (χ4n) is 3.33. The summed E-state index contributed by atoms with van der Waals surface area (Å²) >= 11 is 1.82. The molecule has 17 heavy (non-hydrogen) atoms. The molecule has 3 rings (SSSR count). The van der Waals surface area contributed by atoms with E-state index in [4.69, 9.17) is 4.98 Å². The quantitative estimate of drug-likeness (QED) is 0.895. The summed E-state index contributed by atoms with van der Waals surface area (Å²) in [7, 11) is 1.98. The maximum atomic E-state index is 4.75. The molecule has 4 heteroatoms. The Bertz CT molecular complexity index is 376. The van der Waals surface area contributed by atoms with Crippen LogP contribution in [0.15, 0.2) is 5.38 Å². The van der Waals surface area contributed by atoms with Gasteiger partial charge in [-0.05, 0) is 32.2 Å². The third kappa shape index (κ3) is 2.20. The van der Waals surface area contributed by atoms with Crippen LogP contribution in [0.4, 0.5) is 5.13 Å². The zero-order valence-corrected chi connectivity index (χ0v) is 11.3. The van der Waals surface area contributed by atoms with Crippen molar-refractivity contribution in [2.45, 2.75) is 44.7 Å². The van der Waals surface area contributed by atoms with Crippen LogP contribution in [0.2, 0.25) is 0 Å². The number of hydrogen-bond donors (Lipinski definition) is 1. The van der Waals surface area contributed by atoms with Crippen molar-refractivity contribution in [3.63, 3.8) is 0 Å². The van der Waals surface area contributed by atoms with Gasteiger partial charge in [-0.25, -0.2) is 4.98 Å². The van der Waals surface area contributed by atoms with Crippen LogP contribution in [0.3, 0.4) is 0 Å². The lowest BCUT2D eigenvalue weighted by Crippen LogP contribution is -2.34. The summed E-state index contributed by atoms with van der Waals surface area (Å²) in [5, 5.41) is 6.62. The highest BCUT2D eigenvalue weighted by Crippen LogP contribution is 2.39. The monoisotopic (exact) mass is 251 g/mol. The van der Waals surface area contributed by atoms with Crippen LogP contribution in [0, 0.1) is 5.92 Å². The lowest BCUT2D eigenvalue weighted by molar-refractivity contribution is 0.342. The van der Waals surface area contributed by atoms with E-state index in [1.54, 1.807) is 0 Å². The largest absolute Gasteiger partial charge is 0.345 e. The van der Waals surface area contributed by atoms with E-state index in [0.29, 0.717) is 0 Å². The van der Waals surface area contributed by atoms with Gasteiger partial charge in [-0.15, -0.1) is 11.3 Å². The number of thiazole rings is 1. The lowest BCUT2D eigenvalue weighted by atomic mass is 9.85. The van der Waals surface area contributed by atoms with Gasteiger partial charge < -0.3 is 10.2 Å².